The highest BCUT2D eigenvalue weighted by Gasteiger charge is 2.36. The van der Waals surface area contributed by atoms with E-state index in [-0.39, 0.29) is 12.1 Å². The molecule has 0 bridgehead atoms. The summed E-state index contributed by atoms with van der Waals surface area (Å²) in [6.45, 7) is 15.4. The topological polar surface area (TPSA) is 60.0 Å². The van der Waals surface area contributed by atoms with Crippen LogP contribution >= 0.6 is 0 Å². The van der Waals surface area contributed by atoms with Crippen molar-refractivity contribution in [2.75, 3.05) is 6.61 Å². The second-order valence-corrected chi connectivity index (χ2v) is 19.3. The minimum Gasteiger partial charge on any atom is -0.343 e. The number of benzene rings is 2. The molecule has 0 unspecified atom stereocenters. The van der Waals surface area contributed by atoms with Crippen LogP contribution in [0.5, 0.6) is 0 Å². The SMILES string of the molecule is CCCCCCCCCOS(=O)(=O)c1c([NH2+]C(CCCCCCCC)(CCCCCCCC)CCCCCCCC)ccc2ccccc12.[CH2-]CCCCCCCC. The van der Waals surface area contributed by atoms with Gasteiger partial charge in [-0.25, -0.2) is 0 Å². The predicted molar refractivity (Wildman–Crippen MR) is 257 cm³/mol. The number of hydrogen-bond donors (Lipinski definition) is 1. The number of rotatable bonds is 39. The lowest BCUT2D eigenvalue weighted by atomic mass is 9.81. The Morgan fingerprint density at radius 2 is 0.862 bits per heavy atom. The van der Waals surface area contributed by atoms with Crippen molar-refractivity contribution in [2.24, 2.45) is 0 Å². The van der Waals surface area contributed by atoms with Crippen LogP contribution in [-0.4, -0.2) is 20.6 Å². The Morgan fingerprint density at radius 3 is 1.29 bits per heavy atom. The van der Waals surface area contributed by atoms with Gasteiger partial charge in [0.2, 0.25) is 0 Å². The van der Waals surface area contributed by atoms with Gasteiger partial charge in [0.05, 0.1) is 6.61 Å². The fourth-order valence-corrected chi connectivity index (χ4v) is 9.92. The largest absolute Gasteiger partial charge is 0.343 e. The van der Waals surface area contributed by atoms with Crippen molar-refractivity contribution in [3.8, 4) is 0 Å². The zero-order valence-electron chi connectivity index (χ0n) is 39.3. The molecule has 5 heteroatoms. The highest BCUT2D eigenvalue weighted by molar-refractivity contribution is 7.87. The van der Waals surface area contributed by atoms with Crippen molar-refractivity contribution < 1.29 is 17.9 Å². The number of quaternary nitrogens is 1. The quantitative estimate of drug-likeness (QED) is 0.0316. The van der Waals surface area contributed by atoms with Crippen molar-refractivity contribution in [1.82, 2.24) is 0 Å². The Hall–Kier alpha value is -1.43. The molecular weight excluding hydrogens is 731 g/mol. The van der Waals surface area contributed by atoms with E-state index in [9.17, 15) is 8.42 Å². The van der Waals surface area contributed by atoms with Gasteiger partial charge in [0.15, 0.2) is 10.6 Å². The molecule has 338 valence electrons. The standard InChI is InChI=1S/C44H77NO3S.C9H19/c1-5-9-13-17-21-25-31-39-48-49(46,47)43-41-33-27-26-32-40(41)34-35-42(43)45-44(36-28-22-18-14-10-6-2,37-29-23-19-15-11-7-3)38-30-24-20-16-12-8-4;1-3-5-7-9-8-6-4-2/h26-27,32-35,45H,5-25,28-31,36-39H2,1-4H3;1,3-9H2,2H3/q;-1/p+1. The Bertz CT molecular complexity index is 1260. The van der Waals surface area contributed by atoms with E-state index in [1.54, 1.807) is 0 Å². The van der Waals surface area contributed by atoms with E-state index >= 15 is 0 Å². The molecule has 0 atom stereocenters. The van der Waals surface area contributed by atoms with Gasteiger partial charge in [0, 0.05) is 30.7 Å². The molecule has 0 aliphatic heterocycles. The van der Waals surface area contributed by atoms with Crippen LogP contribution in [0.15, 0.2) is 41.3 Å². The van der Waals surface area contributed by atoms with E-state index in [4.69, 9.17) is 4.18 Å². The van der Waals surface area contributed by atoms with Crippen LogP contribution in [0, 0.1) is 6.92 Å². The van der Waals surface area contributed by atoms with E-state index in [0.29, 0.717) is 4.90 Å². The fourth-order valence-electron chi connectivity index (χ4n) is 8.59. The second kappa shape index (κ2) is 37.3. The molecule has 0 radical (unpaired) electrons. The lowest BCUT2D eigenvalue weighted by molar-refractivity contribution is -0.660. The summed E-state index contributed by atoms with van der Waals surface area (Å²) in [6, 6.07) is 12.2. The summed E-state index contributed by atoms with van der Waals surface area (Å²) in [5.41, 5.74) is 0.868. The van der Waals surface area contributed by atoms with Gasteiger partial charge < -0.3 is 12.2 Å². The first-order valence-electron chi connectivity index (χ1n) is 25.4. The van der Waals surface area contributed by atoms with E-state index < -0.39 is 10.1 Å². The molecule has 2 aromatic carbocycles. The third-order valence-corrected chi connectivity index (χ3v) is 13.7. The van der Waals surface area contributed by atoms with Gasteiger partial charge >= 0.3 is 10.1 Å². The van der Waals surface area contributed by atoms with Gasteiger partial charge in [-0.15, -0.1) is 0 Å². The molecule has 0 aromatic heterocycles. The lowest BCUT2D eigenvalue weighted by Crippen LogP contribution is -2.92. The van der Waals surface area contributed by atoms with Crippen LogP contribution in [0.3, 0.4) is 0 Å². The fraction of sp³-hybridized carbons (Fsp3) is 0.792. The first-order chi connectivity index (χ1) is 28.3. The lowest BCUT2D eigenvalue weighted by Gasteiger charge is -2.33. The van der Waals surface area contributed by atoms with E-state index in [0.717, 1.165) is 61.4 Å². The van der Waals surface area contributed by atoms with E-state index in [1.165, 1.54) is 180 Å². The second-order valence-electron chi connectivity index (χ2n) is 17.8. The van der Waals surface area contributed by atoms with Gasteiger partial charge in [-0.1, -0.05) is 232 Å². The summed E-state index contributed by atoms with van der Waals surface area (Å²) >= 11 is 0. The van der Waals surface area contributed by atoms with Crippen molar-refractivity contribution in [3.05, 3.63) is 43.3 Å². The Labute approximate surface area is 362 Å². The van der Waals surface area contributed by atoms with Gasteiger partial charge in [-0.05, 0) is 37.1 Å². The summed E-state index contributed by atoms with van der Waals surface area (Å²) in [5, 5.41) is 4.20. The Morgan fingerprint density at radius 1 is 0.483 bits per heavy atom. The van der Waals surface area contributed by atoms with Gasteiger partial charge in [-0.3, -0.25) is 4.18 Å². The summed E-state index contributed by atoms with van der Waals surface area (Å²) in [6.07, 6.45) is 44.0. The highest BCUT2D eigenvalue weighted by Crippen LogP contribution is 2.33. The molecular formula is C53H97NO3S. The summed E-state index contributed by atoms with van der Waals surface area (Å²) in [5.74, 6) is 0. The van der Waals surface area contributed by atoms with Gasteiger partial charge in [0.1, 0.15) is 5.54 Å². The molecule has 2 rings (SSSR count). The summed E-state index contributed by atoms with van der Waals surface area (Å²) in [4.78, 5) is 0.395. The first kappa shape index (κ1) is 54.6. The van der Waals surface area contributed by atoms with Crippen LogP contribution in [-0.2, 0) is 14.3 Å². The number of nitrogens with two attached hydrogens (primary N) is 1. The third kappa shape index (κ3) is 26.0. The van der Waals surface area contributed by atoms with Crippen molar-refractivity contribution in [1.29, 1.82) is 0 Å². The molecule has 0 aliphatic rings. The smallest absolute Gasteiger partial charge is 0.303 e. The molecule has 0 spiro atoms. The minimum atomic E-state index is -3.93. The zero-order valence-corrected chi connectivity index (χ0v) is 40.2. The summed E-state index contributed by atoms with van der Waals surface area (Å²) in [7, 11) is -3.93. The summed E-state index contributed by atoms with van der Waals surface area (Å²) < 4.78 is 34.2. The molecule has 0 aliphatic carbocycles. The molecule has 0 heterocycles. The van der Waals surface area contributed by atoms with Crippen LogP contribution in [0.25, 0.3) is 10.8 Å². The van der Waals surface area contributed by atoms with Crippen molar-refractivity contribution in [3.63, 3.8) is 0 Å². The average molecular weight is 828 g/mol. The molecule has 2 N–H and O–H groups in total. The van der Waals surface area contributed by atoms with Crippen LogP contribution in [0.2, 0.25) is 0 Å². The number of unbranched alkanes of at least 4 members (excludes halogenated alkanes) is 27. The monoisotopic (exact) mass is 828 g/mol. The van der Waals surface area contributed by atoms with E-state index in [2.05, 4.69) is 59.0 Å². The molecule has 0 saturated carbocycles. The van der Waals surface area contributed by atoms with Gasteiger partial charge in [-0.2, -0.15) is 14.8 Å². The maximum absolute atomic E-state index is 14.2. The minimum absolute atomic E-state index is 0.00544. The average Bonchev–Trinajstić information content (AvgIpc) is 3.22. The number of hydrogen-bond acceptors (Lipinski definition) is 3. The molecule has 0 amide bonds. The Kier molecular flexibility index (Phi) is 35.1. The van der Waals surface area contributed by atoms with Crippen LogP contribution in [0.4, 0.5) is 5.69 Å². The first-order valence-corrected chi connectivity index (χ1v) is 26.8. The van der Waals surface area contributed by atoms with Crippen LogP contribution < -0.4 is 5.32 Å². The highest BCUT2D eigenvalue weighted by atomic mass is 32.2. The molecule has 0 fully saturated rings. The normalized spacial score (nSPS) is 12.0. The van der Waals surface area contributed by atoms with Gasteiger partial charge in [0.25, 0.3) is 0 Å². The van der Waals surface area contributed by atoms with Crippen molar-refractivity contribution in [2.45, 2.75) is 270 Å². The predicted octanol–water partition coefficient (Wildman–Crippen LogP) is 17.1. The third-order valence-electron chi connectivity index (χ3n) is 12.3. The molecule has 0 saturated heterocycles. The maximum Gasteiger partial charge on any atom is 0.303 e. The molecule has 2 aromatic rings. The maximum atomic E-state index is 14.2. The molecule has 58 heavy (non-hydrogen) atoms. The van der Waals surface area contributed by atoms with Crippen molar-refractivity contribution >= 4 is 26.6 Å². The Balaban J connectivity index is 0.00000166. The molecule has 4 nitrogen and oxygen atoms in total. The number of fused-ring (bicyclic) bond motifs is 1. The van der Waals surface area contributed by atoms with E-state index in [1.807, 2.05) is 24.3 Å². The van der Waals surface area contributed by atoms with Crippen LogP contribution in [0.1, 0.15) is 259 Å². The zero-order chi connectivity index (χ0) is 42.4.